The number of halogens is 1. The van der Waals surface area contributed by atoms with Crippen LogP contribution >= 0.6 is 0 Å². The van der Waals surface area contributed by atoms with Gasteiger partial charge in [-0.05, 0) is 43.7 Å². The van der Waals surface area contributed by atoms with Gasteiger partial charge in [-0.1, -0.05) is 13.8 Å². The molecule has 1 atom stereocenters. The summed E-state index contributed by atoms with van der Waals surface area (Å²) in [4.78, 5) is 4.87. The van der Waals surface area contributed by atoms with Gasteiger partial charge in [-0.2, -0.15) is 0 Å². The predicted octanol–water partition coefficient (Wildman–Crippen LogP) is 2.58. The van der Waals surface area contributed by atoms with Gasteiger partial charge in [-0.3, -0.25) is 4.90 Å². The number of benzene rings is 1. The molecule has 0 saturated carbocycles. The van der Waals surface area contributed by atoms with Crippen LogP contribution in [0.3, 0.4) is 0 Å². The third kappa shape index (κ3) is 4.97. The topological polar surface area (TPSA) is 18.5 Å². The van der Waals surface area contributed by atoms with E-state index in [1.54, 1.807) is 12.1 Å². The summed E-state index contributed by atoms with van der Waals surface area (Å²) < 4.78 is 13.0. The summed E-state index contributed by atoms with van der Waals surface area (Å²) in [6.45, 7) is 13.1. The van der Waals surface area contributed by atoms with Gasteiger partial charge >= 0.3 is 0 Å². The van der Waals surface area contributed by atoms with Crippen LogP contribution in [-0.2, 0) is 0 Å². The van der Waals surface area contributed by atoms with Crippen LogP contribution in [0.4, 0.5) is 10.1 Å². The average molecular weight is 293 g/mol. The van der Waals surface area contributed by atoms with Crippen LogP contribution in [0.5, 0.6) is 0 Å². The van der Waals surface area contributed by atoms with Gasteiger partial charge in [0.05, 0.1) is 0 Å². The Morgan fingerprint density at radius 2 is 1.62 bits per heavy atom. The summed E-state index contributed by atoms with van der Waals surface area (Å²) in [6.07, 6.45) is 0. The number of piperazine rings is 1. The van der Waals surface area contributed by atoms with Gasteiger partial charge in [0.2, 0.25) is 0 Å². The summed E-state index contributed by atoms with van der Waals surface area (Å²) in [6, 6.07) is 7.40. The zero-order chi connectivity index (χ0) is 15.2. The quantitative estimate of drug-likeness (QED) is 0.870. The maximum Gasteiger partial charge on any atom is 0.123 e. The van der Waals surface area contributed by atoms with E-state index in [1.807, 2.05) is 12.1 Å². The van der Waals surface area contributed by atoms with Gasteiger partial charge in [0, 0.05) is 44.5 Å². The van der Waals surface area contributed by atoms with Gasteiger partial charge in [-0.25, -0.2) is 4.39 Å². The first-order chi connectivity index (χ1) is 10.1. The zero-order valence-corrected chi connectivity index (χ0v) is 13.5. The molecule has 1 N–H and O–H groups in total. The van der Waals surface area contributed by atoms with Gasteiger partial charge in [0.25, 0.3) is 0 Å². The van der Waals surface area contributed by atoms with Gasteiger partial charge in [-0.15, -0.1) is 0 Å². The first-order valence-corrected chi connectivity index (χ1v) is 8.01. The molecular formula is C17H28FN3. The maximum absolute atomic E-state index is 13.0. The minimum absolute atomic E-state index is 0.165. The molecule has 0 radical (unpaired) electrons. The van der Waals surface area contributed by atoms with Gasteiger partial charge < -0.3 is 10.2 Å². The molecular weight excluding hydrogens is 265 g/mol. The lowest BCUT2D eigenvalue weighted by Gasteiger charge is -2.39. The maximum atomic E-state index is 13.0. The number of nitrogens with zero attached hydrogens (tertiary/aromatic N) is 2. The van der Waals surface area contributed by atoms with Crippen molar-refractivity contribution in [3.8, 4) is 0 Å². The van der Waals surface area contributed by atoms with Crippen molar-refractivity contribution in [3.63, 3.8) is 0 Å². The fraction of sp³-hybridized carbons (Fsp3) is 0.647. The Hall–Kier alpha value is -1.13. The highest BCUT2D eigenvalue weighted by molar-refractivity contribution is 5.46. The first kappa shape index (κ1) is 16.2. The Balaban J connectivity index is 1.76. The normalized spacial score (nSPS) is 18.2. The molecule has 1 unspecified atom stereocenters. The fourth-order valence-electron chi connectivity index (χ4n) is 2.78. The third-order valence-corrected chi connectivity index (χ3v) is 4.12. The highest BCUT2D eigenvalue weighted by Gasteiger charge is 2.21. The molecule has 0 amide bonds. The van der Waals surface area contributed by atoms with Gasteiger partial charge in [0.15, 0.2) is 0 Å². The van der Waals surface area contributed by atoms with Crippen LogP contribution in [-0.4, -0.2) is 50.2 Å². The highest BCUT2D eigenvalue weighted by Crippen LogP contribution is 2.17. The van der Waals surface area contributed by atoms with E-state index in [1.165, 1.54) is 0 Å². The van der Waals surface area contributed by atoms with E-state index in [0.717, 1.165) is 45.0 Å². The number of hydrogen-bond donors (Lipinski definition) is 1. The molecule has 21 heavy (non-hydrogen) atoms. The Morgan fingerprint density at radius 1 is 1.00 bits per heavy atom. The van der Waals surface area contributed by atoms with E-state index in [-0.39, 0.29) is 5.82 Å². The molecule has 1 aliphatic heterocycles. The largest absolute Gasteiger partial charge is 0.369 e. The van der Waals surface area contributed by atoms with Crippen LogP contribution in [0.25, 0.3) is 0 Å². The molecule has 1 aromatic carbocycles. The van der Waals surface area contributed by atoms with Crippen molar-refractivity contribution in [2.45, 2.75) is 26.8 Å². The van der Waals surface area contributed by atoms with Crippen molar-refractivity contribution in [2.75, 3.05) is 44.2 Å². The fourth-order valence-corrected chi connectivity index (χ4v) is 2.78. The van der Waals surface area contributed by atoms with Crippen LogP contribution in [0.1, 0.15) is 20.8 Å². The van der Waals surface area contributed by atoms with Crippen molar-refractivity contribution < 1.29 is 4.39 Å². The van der Waals surface area contributed by atoms with E-state index in [9.17, 15) is 4.39 Å². The molecule has 1 fully saturated rings. The minimum atomic E-state index is -0.165. The highest BCUT2D eigenvalue weighted by atomic mass is 19.1. The van der Waals surface area contributed by atoms with E-state index in [4.69, 9.17) is 0 Å². The summed E-state index contributed by atoms with van der Waals surface area (Å²) in [5.74, 6) is 0.537. The van der Waals surface area contributed by atoms with Crippen LogP contribution in [0, 0.1) is 11.7 Å². The monoisotopic (exact) mass is 293 g/mol. The van der Waals surface area contributed by atoms with Crippen molar-refractivity contribution in [1.82, 2.24) is 10.2 Å². The van der Waals surface area contributed by atoms with Crippen molar-refractivity contribution in [1.29, 1.82) is 0 Å². The lowest BCUT2D eigenvalue weighted by atomic mass is 10.2. The number of anilines is 1. The van der Waals surface area contributed by atoms with Crippen molar-refractivity contribution in [3.05, 3.63) is 30.1 Å². The molecule has 1 heterocycles. The third-order valence-electron chi connectivity index (χ3n) is 4.12. The average Bonchev–Trinajstić information content (AvgIpc) is 2.48. The Labute approximate surface area is 128 Å². The molecule has 1 aliphatic rings. The smallest absolute Gasteiger partial charge is 0.123 e. The predicted molar refractivity (Wildman–Crippen MR) is 87.4 cm³/mol. The first-order valence-electron chi connectivity index (χ1n) is 8.01. The number of nitrogens with one attached hydrogen (secondary N) is 1. The van der Waals surface area contributed by atoms with Gasteiger partial charge in [0.1, 0.15) is 5.82 Å². The Morgan fingerprint density at radius 3 is 2.19 bits per heavy atom. The molecule has 3 nitrogen and oxygen atoms in total. The molecule has 0 bridgehead atoms. The molecule has 2 rings (SSSR count). The number of rotatable bonds is 6. The van der Waals surface area contributed by atoms with E-state index in [0.29, 0.717) is 12.0 Å². The second kappa shape index (κ2) is 7.76. The molecule has 118 valence electrons. The summed E-state index contributed by atoms with van der Waals surface area (Å²) in [5.41, 5.74) is 1.13. The van der Waals surface area contributed by atoms with Crippen LogP contribution in [0.15, 0.2) is 24.3 Å². The van der Waals surface area contributed by atoms with Crippen molar-refractivity contribution >= 4 is 5.69 Å². The van der Waals surface area contributed by atoms with Crippen LogP contribution < -0.4 is 10.2 Å². The molecule has 4 heteroatoms. The zero-order valence-electron chi connectivity index (χ0n) is 13.5. The lowest BCUT2D eigenvalue weighted by molar-refractivity contribution is 0.192. The molecule has 1 aromatic rings. The van der Waals surface area contributed by atoms with Crippen molar-refractivity contribution in [2.24, 2.45) is 5.92 Å². The Bertz CT molecular complexity index is 411. The lowest BCUT2D eigenvalue weighted by Crippen LogP contribution is -2.52. The summed E-state index contributed by atoms with van der Waals surface area (Å²) in [5, 5.41) is 3.53. The number of hydrogen-bond acceptors (Lipinski definition) is 3. The van der Waals surface area contributed by atoms with E-state index < -0.39 is 0 Å². The second-order valence-corrected chi connectivity index (χ2v) is 6.40. The molecule has 0 aromatic heterocycles. The second-order valence-electron chi connectivity index (χ2n) is 6.40. The van der Waals surface area contributed by atoms with E-state index >= 15 is 0 Å². The molecule has 0 spiro atoms. The van der Waals surface area contributed by atoms with Crippen LogP contribution in [0.2, 0.25) is 0 Å². The SMILES string of the molecule is CC(C)CNCC(C)N1CCN(c2ccc(F)cc2)CC1. The Kier molecular flexibility index (Phi) is 6.00. The molecule has 1 saturated heterocycles. The molecule has 0 aliphatic carbocycles. The minimum Gasteiger partial charge on any atom is -0.369 e. The summed E-state index contributed by atoms with van der Waals surface area (Å²) >= 11 is 0. The standard InChI is InChI=1S/C17H28FN3/c1-14(2)12-19-13-15(3)20-8-10-21(11-9-20)17-6-4-16(18)5-7-17/h4-7,14-15,19H,8-13H2,1-3H3. The summed E-state index contributed by atoms with van der Waals surface area (Å²) in [7, 11) is 0. The van der Waals surface area contributed by atoms with E-state index in [2.05, 4.69) is 35.9 Å².